The molecule has 0 aromatic carbocycles. The van der Waals surface area contributed by atoms with Crippen LogP contribution in [-0.4, -0.2) is 49.8 Å². The number of aromatic nitrogens is 5. The topological polar surface area (TPSA) is 118 Å². The Morgan fingerprint density at radius 3 is 2.86 bits per heavy atom. The van der Waals surface area contributed by atoms with Gasteiger partial charge in [-0.15, -0.1) is 0 Å². The number of halogens is 3. The maximum Gasteiger partial charge on any atom is 0.419 e. The van der Waals surface area contributed by atoms with E-state index in [-0.39, 0.29) is 40.6 Å². The summed E-state index contributed by atoms with van der Waals surface area (Å²) in [5.41, 5.74) is 6.65. The van der Waals surface area contributed by atoms with Gasteiger partial charge in [0.1, 0.15) is 5.65 Å². The van der Waals surface area contributed by atoms with Crippen LogP contribution in [0.25, 0.3) is 11.0 Å². The van der Waals surface area contributed by atoms with E-state index in [0.29, 0.717) is 19.5 Å². The van der Waals surface area contributed by atoms with Crippen LogP contribution in [-0.2, 0) is 12.7 Å². The molecule has 9 nitrogen and oxygen atoms in total. The van der Waals surface area contributed by atoms with Gasteiger partial charge < -0.3 is 20.9 Å². The van der Waals surface area contributed by atoms with Gasteiger partial charge in [0.05, 0.1) is 46.3 Å². The highest BCUT2D eigenvalue weighted by atomic mass is 19.4. The Bertz CT molecular complexity index is 1350. The number of carbonyl (C=O) groups excluding carboxylic acids is 1. The highest BCUT2D eigenvalue weighted by Gasteiger charge is 2.38. The first-order chi connectivity index (χ1) is 16.8. The minimum atomic E-state index is -4.62. The number of nitrogens with one attached hydrogen (secondary N) is 2. The molecule has 4 aromatic heterocycles. The number of fused-ring (bicyclic) bond motifs is 1. The summed E-state index contributed by atoms with van der Waals surface area (Å²) in [5.74, 6) is -0.503. The monoisotopic (exact) mass is 484 g/mol. The third-order valence-corrected chi connectivity index (χ3v) is 5.95. The van der Waals surface area contributed by atoms with E-state index in [2.05, 4.69) is 25.4 Å². The summed E-state index contributed by atoms with van der Waals surface area (Å²) < 4.78 is 43.5. The third kappa shape index (κ3) is 4.69. The average Bonchev–Trinajstić information content (AvgIpc) is 3.46. The SMILES string of the molecule is N[C@@H]1CCCN(c2c(C(F)(F)F)cnc3[nH]cc(NC(=O)c4cnn(Cc5ccccn5)c4)c23)C1. The molecule has 12 heteroatoms. The number of nitrogens with two attached hydrogens (primary N) is 1. The second kappa shape index (κ2) is 9.02. The molecule has 0 saturated carbocycles. The van der Waals surface area contributed by atoms with Crippen molar-refractivity contribution in [2.45, 2.75) is 31.6 Å². The second-order valence-corrected chi connectivity index (χ2v) is 8.49. The summed E-state index contributed by atoms with van der Waals surface area (Å²) in [6.45, 7) is 1.08. The molecule has 0 bridgehead atoms. The van der Waals surface area contributed by atoms with Crippen LogP contribution in [0.15, 0.2) is 49.2 Å². The van der Waals surface area contributed by atoms with Crippen molar-refractivity contribution in [1.82, 2.24) is 24.7 Å². The van der Waals surface area contributed by atoms with E-state index < -0.39 is 17.6 Å². The Morgan fingerprint density at radius 2 is 2.11 bits per heavy atom. The zero-order chi connectivity index (χ0) is 24.6. The largest absolute Gasteiger partial charge is 0.419 e. The average molecular weight is 484 g/mol. The summed E-state index contributed by atoms with van der Waals surface area (Å²) in [5, 5.41) is 7.12. The number of H-pyrrole nitrogens is 1. The van der Waals surface area contributed by atoms with E-state index in [1.807, 2.05) is 12.1 Å². The lowest BCUT2D eigenvalue weighted by Gasteiger charge is -2.34. The van der Waals surface area contributed by atoms with Gasteiger partial charge in [-0.05, 0) is 25.0 Å². The van der Waals surface area contributed by atoms with Crippen molar-refractivity contribution < 1.29 is 18.0 Å². The Hall–Kier alpha value is -3.93. The normalized spacial score (nSPS) is 16.6. The van der Waals surface area contributed by atoms with E-state index in [9.17, 15) is 18.0 Å². The van der Waals surface area contributed by atoms with Gasteiger partial charge in [0.25, 0.3) is 5.91 Å². The zero-order valence-electron chi connectivity index (χ0n) is 18.6. The van der Waals surface area contributed by atoms with Crippen LogP contribution >= 0.6 is 0 Å². The quantitative estimate of drug-likeness (QED) is 0.400. The van der Waals surface area contributed by atoms with Crippen LogP contribution in [0.2, 0.25) is 0 Å². The van der Waals surface area contributed by atoms with Crippen LogP contribution < -0.4 is 16.0 Å². The number of anilines is 2. The van der Waals surface area contributed by atoms with Gasteiger partial charge in [0.15, 0.2) is 0 Å². The molecule has 5 rings (SSSR count). The zero-order valence-corrected chi connectivity index (χ0v) is 18.6. The molecule has 4 N–H and O–H groups in total. The van der Waals surface area contributed by atoms with Gasteiger partial charge >= 0.3 is 6.18 Å². The molecule has 0 spiro atoms. The molecule has 0 unspecified atom stereocenters. The lowest BCUT2D eigenvalue weighted by molar-refractivity contribution is -0.137. The first-order valence-corrected chi connectivity index (χ1v) is 11.1. The number of nitrogens with zero attached hydrogens (tertiary/aromatic N) is 5. The van der Waals surface area contributed by atoms with Gasteiger partial charge in [0, 0.05) is 43.9 Å². The minimum Gasteiger partial charge on any atom is -0.369 e. The molecule has 4 aromatic rings. The van der Waals surface area contributed by atoms with Gasteiger partial charge in [-0.2, -0.15) is 18.3 Å². The molecular weight excluding hydrogens is 461 g/mol. The third-order valence-electron chi connectivity index (χ3n) is 5.95. The maximum atomic E-state index is 14.0. The van der Waals surface area contributed by atoms with E-state index in [4.69, 9.17) is 5.73 Å². The smallest absolute Gasteiger partial charge is 0.369 e. The Kier molecular flexibility index (Phi) is 5.89. The summed E-state index contributed by atoms with van der Waals surface area (Å²) >= 11 is 0. The summed E-state index contributed by atoms with van der Waals surface area (Å²) in [7, 11) is 0. The number of rotatable bonds is 5. The lowest BCUT2D eigenvalue weighted by atomic mass is 10.0. The first kappa shape index (κ1) is 22.8. The Balaban J connectivity index is 1.47. The number of pyridine rings is 2. The molecule has 5 heterocycles. The molecule has 1 amide bonds. The second-order valence-electron chi connectivity index (χ2n) is 8.49. The lowest BCUT2D eigenvalue weighted by Crippen LogP contribution is -2.43. The fourth-order valence-electron chi connectivity index (χ4n) is 4.35. The highest BCUT2D eigenvalue weighted by molar-refractivity contribution is 6.11. The van der Waals surface area contributed by atoms with Crippen LogP contribution in [0.5, 0.6) is 0 Å². The van der Waals surface area contributed by atoms with E-state index in [0.717, 1.165) is 18.3 Å². The van der Waals surface area contributed by atoms with E-state index in [1.54, 1.807) is 28.0 Å². The van der Waals surface area contributed by atoms with Crippen molar-refractivity contribution in [3.05, 3.63) is 66.0 Å². The van der Waals surface area contributed by atoms with Crippen molar-refractivity contribution in [1.29, 1.82) is 0 Å². The number of carbonyl (C=O) groups is 1. The number of hydrogen-bond donors (Lipinski definition) is 3. The van der Waals surface area contributed by atoms with Gasteiger partial charge in [-0.25, -0.2) is 4.98 Å². The van der Waals surface area contributed by atoms with Crippen molar-refractivity contribution in [2.24, 2.45) is 5.73 Å². The van der Waals surface area contributed by atoms with Crippen molar-refractivity contribution in [3.8, 4) is 0 Å². The molecule has 1 aliphatic rings. The molecule has 0 aliphatic carbocycles. The van der Waals surface area contributed by atoms with Gasteiger partial charge in [-0.1, -0.05) is 6.07 Å². The first-order valence-electron chi connectivity index (χ1n) is 11.1. The number of amides is 1. The predicted molar refractivity (Wildman–Crippen MR) is 124 cm³/mol. The highest BCUT2D eigenvalue weighted by Crippen LogP contribution is 2.43. The molecule has 1 atom stereocenters. The molecule has 1 fully saturated rings. The summed E-state index contributed by atoms with van der Waals surface area (Å²) in [6, 6.07) is 5.26. The molecule has 0 radical (unpaired) electrons. The number of hydrogen-bond acceptors (Lipinski definition) is 6. The van der Waals surface area contributed by atoms with Crippen LogP contribution in [0.3, 0.4) is 0 Å². The molecule has 182 valence electrons. The van der Waals surface area contributed by atoms with E-state index in [1.165, 1.54) is 12.4 Å². The Labute approximate surface area is 198 Å². The number of aromatic amines is 1. The fraction of sp³-hybridized carbons (Fsp3) is 0.304. The minimum absolute atomic E-state index is 0.0277. The van der Waals surface area contributed by atoms with Gasteiger partial charge in [-0.3, -0.25) is 14.5 Å². The van der Waals surface area contributed by atoms with Crippen LogP contribution in [0.4, 0.5) is 24.5 Å². The molecule has 1 aliphatic heterocycles. The number of alkyl halides is 3. The van der Waals surface area contributed by atoms with E-state index >= 15 is 0 Å². The van der Waals surface area contributed by atoms with Gasteiger partial charge in [0.2, 0.25) is 0 Å². The predicted octanol–water partition coefficient (Wildman–Crippen LogP) is 3.40. The number of piperidine rings is 1. The van der Waals surface area contributed by atoms with Crippen LogP contribution in [0, 0.1) is 0 Å². The van der Waals surface area contributed by atoms with Crippen molar-refractivity contribution in [3.63, 3.8) is 0 Å². The van der Waals surface area contributed by atoms with Crippen molar-refractivity contribution >= 4 is 28.3 Å². The molecular formula is C23H23F3N8O. The maximum absolute atomic E-state index is 14.0. The van der Waals surface area contributed by atoms with Crippen molar-refractivity contribution in [2.75, 3.05) is 23.3 Å². The standard InChI is InChI=1S/C23H23F3N8O/c24-23(25,26)17-9-29-21-19(20(17)33-7-3-4-15(27)12-33)18(10-30-21)32-22(35)14-8-31-34(11-14)13-16-5-1-2-6-28-16/h1-2,5-6,8-11,15H,3-4,7,12-13,27H2,(H,29,30)(H,32,35)/t15-/m1/s1. The molecule has 35 heavy (non-hydrogen) atoms. The molecule has 1 saturated heterocycles. The summed E-state index contributed by atoms with van der Waals surface area (Å²) in [6.07, 6.45) is 3.68. The Morgan fingerprint density at radius 1 is 1.26 bits per heavy atom. The summed E-state index contributed by atoms with van der Waals surface area (Å²) in [4.78, 5) is 25.7. The fourth-order valence-corrected chi connectivity index (χ4v) is 4.35. The van der Waals surface area contributed by atoms with Crippen LogP contribution in [0.1, 0.15) is 34.5 Å².